The van der Waals surface area contributed by atoms with Crippen LogP contribution >= 0.6 is 23.2 Å². The van der Waals surface area contributed by atoms with E-state index in [0.717, 1.165) is 46.2 Å². The molecule has 2 atom stereocenters. The summed E-state index contributed by atoms with van der Waals surface area (Å²) in [5, 5.41) is 13.7. The molecule has 2 aromatic heterocycles. The van der Waals surface area contributed by atoms with Crippen LogP contribution in [0, 0.1) is 0 Å². The number of halogens is 2. The molecule has 48 heavy (non-hydrogen) atoms. The summed E-state index contributed by atoms with van der Waals surface area (Å²) in [4.78, 5) is 32.4. The van der Waals surface area contributed by atoms with Gasteiger partial charge in [0.2, 0.25) is 17.7 Å². The molecule has 12 heteroatoms. The molecule has 0 aliphatic carbocycles. The van der Waals surface area contributed by atoms with Crippen molar-refractivity contribution in [3.8, 4) is 45.3 Å². The maximum Gasteiger partial charge on any atom is 0.220 e. The van der Waals surface area contributed by atoms with Crippen LogP contribution in [0.3, 0.4) is 0 Å². The van der Waals surface area contributed by atoms with Crippen LogP contribution in [0.2, 0.25) is 10.0 Å². The number of aromatic nitrogens is 2. The van der Waals surface area contributed by atoms with Crippen LogP contribution in [0.5, 0.6) is 11.6 Å². The van der Waals surface area contributed by atoms with Crippen molar-refractivity contribution in [2.24, 2.45) is 0 Å². The van der Waals surface area contributed by atoms with E-state index in [-0.39, 0.29) is 23.9 Å². The van der Waals surface area contributed by atoms with E-state index in [0.29, 0.717) is 72.1 Å². The van der Waals surface area contributed by atoms with Gasteiger partial charge in [-0.05, 0) is 31.0 Å². The topological polar surface area (TPSA) is 126 Å². The SMILES string of the molecule is COc1cc(-c2nccc(-c3cccc(-c4ccc(CNCC5CCC(=O)N5)c(OC)n4)c3Cl)c2Cl)ccc1CNCC1CCC(=O)N1. The molecule has 4 heterocycles. The Morgan fingerprint density at radius 2 is 1.44 bits per heavy atom. The van der Waals surface area contributed by atoms with E-state index in [4.69, 9.17) is 37.7 Å². The molecular weight excluding hydrogens is 651 g/mol. The molecule has 2 unspecified atom stereocenters. The molecule has 2 aliphatic rings. The Bertz CT molecular complexity index is 1690. The molecule has 10 nitrogen and oxygen atoms in total. The maximum atomic E-state index is 11.5. The first-order valence-corrected chi connectivity index (χ1v) is 16.7. The van der Waals surface area contributed by atoms with E-state index >= 15 is 0 Å². The van der Waals surface area contributed by atoms with Gasteiger partial charge in [0.25, 0.3) is 0 Å². The van der Waals surface area contributed by atoms with E-state index in [1.54, 1.807) is 20.4 Å². The van der Waals surface area contributed by atoms with E-state index in [1.807, 2.05) is 54.6 Å². The van der Waals surface area contributed by atoms with Crippen molar-refractivity contribution in [3.05, 3.63) is 82.0 Å². The average molecular weight is 690 g/mol. The molecular formula is C36H38Cl2N6O4. The fourth-order valence-corrected chi connectivity index (χ4v) is 6.83. The number of nitrogens with one attached hydrogen (secondary N) is 4. The number of nitrogens with zero attached hydrogens (tertiary/aromatic N) is 2. The van der Waals surface area contributed by atoms with Crippen molar-refractivity contribution < 1.29 is 19.1 Å². The molecule has 2 fully saturated rings. The van der Waals surface area contributed by atoms with Gasteiger partial charge in [-0.3, -0.25) is 14.6 Å². The normalized spacial score (nSPS) is 17.3. The highest BCUT2D eigenvalue weighted by atomic mass is 35.5. The Balaban J connectivity index is 1.20. The molecule has 4 N–H and O–H groups in total. The number of rotatable bonds is 13. The van der Waals surface area contributed by atoms with Crippen LogP contribution in [-0.4, -0.2) is 61.2 Å². The van der Waals surface area contributed by atoms with Gasteiger partial charge in [-0.1, -0.05) is 59.6 Å². The minimum atomic E-state index is 0.0979. The highest BCUT2D eigenvalue weighted by Gasteiger charge is 2.22. The number of hydrogen-bond donors (Lipinski definition) is 4. The van der Waals surface area contributed by atoms with E-state index in [1.165, 1.54) is 0 Å². The number of pyridine rings is 2. The van der Waals surface area contributed by atoms with Gasteiger partial charge in [-0.15, -0.1) is 0 Å². The summed E-state index contributed by atoms with van der Waals surface area (Å²) in [5.41, 5.74) is 6.20. The van der Waals surface area contributed by atoms with Crippen LogP contribution in [0.1, 0.15) is 36.8 Å². The molecule has 2 aliphatic heterocycles. The Morgan fingerprint density at radius 3 is 2.08 bits per heavy atom. The van der Waals surface area contributed by atoms with Gasteiger partial charge >= 0.3 is 0 Å². The third-order valence-electron chi connectivity index (χ3n) is 8.73. The standard InChI is InChI=1S/C36H38Cl2N6O4/c1-47-30-16-21(6-7-22(30)17-39-19-24-9-12-31(45)42-24)35-34(38)27(14-15-41-35)26-4-3-5-28(33(26)37)29-11-8-23(36(44-29)48-2)18-40-20-25-10-13-32(46)43-25/h3-8,11,14-16,24-25,39-40H,9-10,12-13,17-20H2,1-2H3,(H,42,45)(H,43,46). The maximum absolute atomic E-state index is 11.5. The number of methoxy groups -OCH3 is 2. The first-order valence-electron chi connectivity index (χ1n) is 16.0. The van der Waals surface area contributed by atoms with Gasteiger partial charge in [-0.2, -0.15) is 0 Å². The molecule has 2 saturated heterocycles. The van der Waals surface area contributed by atoms with Crippen LogP contribution in [0.25, 0.3) is 33.6 Å². The van der Waals surface area contributed by atoms with Gasteiger partial charge in [0.05, 0.1) is 35.7 Å². The first-order chi connectivity index (χ1) is 23.3. The molecule has 0 spiro atoms. The molecule has 250 valence electrons. The molecule has 6 rings (SSSR count). The Labute approximate surface area is 289 Å². The largest absolute Gasteiger partial charge is 0.496 e. The number of ether oxygens (including phenoxy) is 2. The summed E-state index contributed by atoms with van der Waals surface area (Å²) < 4.78 is 11.4. The summed E-state index contributed by atoms with van der Waals surface area (Å²) in [6, 6.07) is 17.7. The molecule has 4 aromatic rings. The predicted molar refractivity (Wildman–Crippen MR) is 187 cm³/mol. The van der Waals surface area contributed by atoms with Crippen molar-refractivity contribution in [2.75, 3.05) is 27.3 Å². The number of carbonyl (C=O) groups excluding carboxylic acids is 2. The minimum absolute atomic E-state index is 0.0979. The lowest BCUT2D eigenvalue weighted by atomic mass is 9.99. The Kier molecular flexibility index (Phi) is 10.8. The van der Waals surface area contributed by atoms with Gasteiger partial charge in [0.15, 0.2) is 0 Å². The lowest BCUT2D eigenvalue weighted by Crippen LogP contribution is -2.35. The Hall–Kier alpha value is -4.22. The van der Waals surface area contributed by atoms with Gasteiger partial charge in [0, 0.05) is 90.7 Å². The van der Waals surface area contributed by atoms with Crippen molar-refractivity contribution in [2.45, 2.75) is 50.9 Å². The third kappa shape index (κ3) is 7.57. The van der Waals surface area contributed by atoms with E-state index < -0.39 is 0 Å². The van der Waals surface area contributed by atoms with Crippen LogP contribution in [0.15, 0.2) is 60.8 Å². The fourth-order valence-electron chi connectivity index (χ4n) is 6.18. The van der Waals surface area contributed by atoms with Crippen molar-refractivity contribution in [1.82, 2.24) is 31.2 Å². The highest BCUT2D eigenvalue weighted by molar-refractivity contribution is 6.39. The van der Waals surface area contributed by atoms with Crippen LogP contribution in [-0.2, 0) is 22.7 Å². The quantitative estimate of drug-likeness (QED) is 0.144. The van der Waals surface area contributed by atoms with Crippen molar-refractivity contribution >= 4 is 35.0 Å². The first kappa shape index (κ1) is 33.7. The average Bonchev–Trinajstić information content (AvgIpc) is 3.72. The zero-order valence-electron chi connectivity index (χ0n) is 26.9. The molecule has 0 bridgehead atoms. The lowest BCUT2D eigenvalue weighted by molar-refractivity contribution is -0.120. The third-order valence-corrected chi connectivity index (χ3v) is 9.52. The lowest BCUT2D eigenvalue weighted by Gasteiger charge is -2.16. The fraction of sp³-hybridized carbons (Fsp3) is 0.333. The predicted octanol–water partition coefficient (Wildman–Crippen LogP) is 5.54. The van der Waals surface area contributed by atoms with E-state index in [9.17, 15) is 9.59 Å². The van der Waals surface area contributed by atoms with Gasteiger partial charge < -0.3 is 30.7 Å². The van der Waals surface area contributed by atoms with Crippen LogP contribution < -0.4 is 30.7 Å². The van der Waals surface area contributed by atoms with Gasteiger partial charge in [-0.25, -0.2) is 4.98 Å². The minimum Gasteiger partial charge on any atom is -0.496 e. The molecule has 2 aromatic carbocycles. The zero-order valence-corrected chi connectivity index (χ0v) is 28.4. The second-order valence-electron chi connectivity index (χ2n) is 11.9. The molecule has 0 radical (unpaired) electrons. The Morgan fingerprint density at radius 1 is 0.792 bits per heavy atom. The number of hydrogen-bond acceptors (Lipinski definition) is 8. The zero-order chi connectivity index (χ0) is 33.6. The summed E-state index contributed by atoms with van der Waals surface area (Å²) in [6.45, 7) is 2.51. The van der Waals surface area contributed by atoms with E-state index in [2.05, 4.69) is 26.3 Å². The number of carbonyl (C=O) groups is 2. The monoisotopic (exact) mass is 688 g/mol. The van der Waals surface area contributed by atoms with Crippen LogP contribution in [0.4, 0.5) is 0 Å². The molecule has 0 saturated carbocycles. The summed E-state index contributed by atoms with van der Waals surface area (Å²) >= 11 is 14.1. The second-order valence-corrected chi connectivity index (χ2v) is 12.7. The number of amides is 2. The summed E-state index contributed by atoms with van der Waals surface area (Å²) in [6.07, 6.45) is 4.54. The highest BCUT2D eigenvalue weighted by Crippen LogP contribution is 2.42. The van der Waals surface area contributed by atoms with Gasteiger partial charge in [0.1, 0.15) is 5.75 Å². The van der Waals surface area contributed by atoms with Crippen molar-refractivity contribution in [3.63, 3.8) is 0 Å². The second kappa shape index (κ2) is 15.3. The summed E-state index contributed by atoms with van der Waals surface area (Å²) in [7, 11) is 3.23. The van der Waals surface area contributed by atoms with Crippen molar-refractivity contribution in [1.29, 1.82) is 0 Å². The molecule has 2 amide bonds. The summed E-state index contributed by atoms with van der Waals surface area (Å²) in [5.74, 6) is 1.41. The smallest absolute Gasteiger partial charge is 0.220 e. The number of benzene rings is 2.